The van der Waals surface area contributed by atoms with Crippen LogP contribution in [0, 0.1) is 35.8 Å². The lowest BCUT2D eigenvalue weighted by Gasteiger charge is -2.36. The van der Waals surface area contributed by atoms with Crippen LogP contribution in [0.1, 0.15) is 29.5 Å². The van der Waals surface area contributed by atoms with E-state index in [1.54, 1.807) is 6.92 Å². The van der Waals surface area contributed by atoms with Crippen molar-refractivity contribution in [2.75, 3.05) is 23.9 Å². The molecule has 1 N–H and O–H groups in total. The van der Waals surface area contributed by atoms with Crippen LogP contribution in [0.3, 0.4) is 0 Å². The highest BCUT2D eigenvalue weighted by atomic mass is 16.6. The van der Waals surface area contributed by atoms with E-state index in [1.807, 2.05) is 25.1 Å². The van der Waals surface area contributed by atoms with Crippen LogP contribution in [0.2, 0.25) is 0 Å². The first kappa shape index (κ1) is 21.7. The number of aryl methyl sites for hydroxylation is 2. The molecule has 35 heavy (non-hydrogen) atoms. The molecule has 6 rings (SSSR count). The zero-order valence-corrected chi connectivity index (χ0v) is 19.5. The number of carbonyl (C=O) groups excluding carboxylic acids is 3. The first-order valence-electron chi connectivity index (χ1n) is 11.6. The molecular weight excluding hydrogens is 452 g/mol. The molecule has 0 bridgehead atoms. The Labute approximate surface area is 201 Å². The minimum absolute atomic E-state index is 0.0370. The van der Waals surface area contributed by atoms with Crippen molar-refractivity contribution in [2.45, 2.75) is 38.3 Å². The van der Waals surface area contributed by atoms with E-state index >= 15 is 0 Å². The molecule has 3 fully saturated rings. The second-order valence-electron chi connectivity index (χ2n) is 9.76. The third kappa shape index (κ3) is 2.54. The highest BCUT2D eigenvalue weighted by Gasteiger charge is 2.74. The van der Waals surface area contributed by atoms with Crippen molar-refractivity contribution < 1.29 is 24.0 Å². The van der Waals surface area contributed by atoms with Gasteiger partial charge < -0.3 is 10.1 Å². The monoisotopic (exact) mass is 476 g/mol. The Morgan fingerprint density at radius 3 is 2.63 bits per heavy atom. The quantitative estimate of drug-likeness (QED) is 0.411. The van der Waals surface area contributed by atoms with Gasteiger partial charge in [0.2, 0.25) is 17.7 Å². The fourth-order valence-corrected chi connectivity index (χ4v) is 6.76. The van der Waals surface area contributed by atoms with Gasteiger partial charge in [-0.25, -0.2) is 4.90 Å². The van der Waals surface area contributed by atoms with E-state index in [9.17, 15) is 24.5 Å². The van der Waals surface area contributed by atoms with E-state index in [2.05, 4.69) is 10.2 Å². The number of amides is 3. The maximum absolute atomic E-state index is 14.1. The number of nitro groups is 1. The number of rotatable bonds is 3. The molecule has 0 unspecified atom stereocenters. The highest BCUT2D eigenvalue weighted by molar-refractivity contribution is 6.26. The van der Waals surface area contributed by atoms with E-state index in [1.165, 1.54) is 19.2 Å². The molecule has 0 radical (unpaired) electrons. The summed E-state index contributed by atoms with van der Waals surface area (Å²) in [6.45, 7) is 4.18. The number of imide groups is 1. The van der Waals surface area contributed by atoms with Gasteiger partial charge in [-0.2, -0.15) is 0 Å². The lowest BCUT2D eigenvalue weighted by Crippen LogP contribution is -2.54. The number of hydrogen-bond donors (Lipinski definition) is 1. The summed E-state index contributed by atoms with van der Waals surface area (Å²) in [6.07, 6.45) is 1.54. The number of benzene rings is 2. The predicted octanol–water partition coefficient (Wildman–Crippen LogP) is 2.65. The van der Waals surface area contributed by atoms with Crippen molar-refractivity contribution in [1.82, 2.24) is 4.90 Å². The molecule has 4 aliphatic rings. The third-order valence-electron chi connectivity index (χ3n) is 8.08. The molecule has 0 aliphatic carbocycles. The Bertz CT molecular complexity index is 1360. The van der Waals surface area contributed by atoms with E-state index in [0.717, 1.165) is 22.4 Å². The summed E-state index contributed by atoms with van der Waals surface area (Å²) in [5.41, 5.74) is 1.52. The number of nitrogens with zero attached hydrogens (tertiary/aromatic N) is 3. The van der Waals surface area contributed by atoms with Gasteiger partial charge in [-0.1, -0.05) is 17.7 Å². The SMILES string of the molecule is COc1cc(N2C(=O)[C@@H]3[C@H]4CCCN4[C@@]4(C(=O)Nc5ccc(C)cc54)[C@@H]3C2=O)c(C)cc1[N+](=O)[O-]. The largest absolute Gasteiger partial charge is 0.490 e. The minimum Gasteiger partial charge on any atom is -0.490 e. The van der Waals surface area contributed by atoms with Gasteiger partial charge in [0.15, 0.2) is 5.75 Å². The van der Waals surface area contributed by atoms with Gasteiger partial charge in [0.1, 0.15) is 5.54 Å². The molecule has 0 aromatic heterocycles. The fourth-order valence-electron chi connectivity index (χ4n) is 6.76. The fraction of sp³-hybridized carbons (Fsp3) is 0.400. The maximum Gasteiger partial charge on any atom is 0.311 e. The van der Waals surface area contributed by atoms with Crippen LogP contribution in [-0.2, 0) is 19.9 Å². The van der Waals surface area contributed by atoms with Gasteiger partial charge in [-0.15, -0.1) is 0 Å². The van der Waals surface area contributed by atoms with Crippen molar-refractivity contribution in [3.8, 4) is 5.75 Å². The van der Waals surface area contributed by atoms with Gasteiger partial charge in [0.25, 0.3) is 0 Å². The van der Waals surface area contributed by atoms with Crippen LogP contribution < -0.4 is 15.0 Å². The van der Waals surface area contributed by atoms with Gasteiger partial charge in [-0.05, 0) is 44.9 Å². The smallest absolute Gasteiger partial charge is 0.311 e. The number of carbonyl (C=O) groups is 3. The molecule has 4 aliphatic heterocycles. The summed E-state index contributed by atoms with van der Waals surface area (Å²) < 4.78 is 5.20. The lowest BCUT2D eigenvalue weighted by molar-refractivity contribution is -0.385. The van der Waals surface area contributed by atoms with Crippen LogP contribution >= 0.6 is 0 Å². The van der Waals surface area contributed by atoms with Gasteiger partial charge in [0, 0.05) is 29.4 Å². The predicted molar refractivity (Wildman–Crippen MR) is 125 cm³/mol. The average Bonchev–Trinajstić information content (AvgIpc) is 3.52. The molecule has 2 aromatic rings. The average molecular weight is 476 g/mol. The van der Waals surface area contributed by atoms with Gasteiger partial charge in [0.05, 0.1) is 29.6 Å². The van der Waals surface area contributed by atoms with Gasteiger partial charge >= 0.3 is 5.69 Å². The molecule has 4 atom stereocenters. The van der Waals surface area contributed by atoms with Gasteiger partial charge in [-0.3, -0.25) is 29.4 Å². The molecule has 1 spiro atoms. The van der Waals surface area contributed by atoms with Crippen molar-refractivity contribution in [3.05, 3.63) is 57.1 Å². The summed E-state index contributed by atoms with van der Waals surface area (Å²) in [7, 11) is 1.30. The maximum atomic E-state index is 14.1. The molecule has 3 saturated heterocycles. The Balaban J connectivity index is 1.54. The topological polar surface area (TPSA) is 122 Å². The zero-order valence-electron chi connectivity index (χ0n) is 19.5. The summed E-state index contributed by atoms with van der Waals surface area (Å²) in [6, 6.07) is 8.13. The van der Waals surface area contributed by atoms with Crippen LogP contribution in [0.15, 0.2) is 30.3 Å². The second-order valence-corrected chi connectivity index (χ2v) is 9.76. The van der Waals surface area contributed by atoms with Crippen molar-refractivity contribution in [1.29, 1.82) is 0 Å². The Morgan fingerprint density at radius 2 is 1.91 bits per heavy atom. The van der Waals surface area contributed by atoms with Crippen LogP contribution in [0.4, 0.5) is 17.1 Å². The summed E-state index contributed by atoms with van der Waals surface area (Å²) in [5.74, 6) is -2.71. The van der Waals surface area contributed by atoms with Crippen LogP contribution in [0.5, 0.6) is 5.75 Å². The number of hydrogen-bond acceptors (Lipinski definition) is 7. The van der Waals surface area contributed by atoms with E-state index in [0.29, 0.717) is 24.2 Å². The first-order valence-corrected chi connectivity index (χ1v) is 11.6. The molecule has 2 aromatic carbocycles. The number of nitrogens with one attached hydrogen (secondary N) is 1. The molecule has 10 nitrogen and oxygen atoms in total. The summed E-state index contributed by atoms with van der Waals surface area (Å²) >= 11 is 0. The third-order valence-corrected chi connectivity index (χ3v) is 8.08. The number of anilines is 2. The Morgan fingerprint density at radius 1 is 1.14 bits per heavy atom. The molecule has 3 amide bonds. The number of methoxy groups -OCH3 is 1. The van der Waals surface area contributed by atoms with E-state index in [4.69, 9.17) is 4.74 Å². The number of ether oxygens (including phenoxy) is 1. The van der Waals surface area contributed by atoms with Crippen LogP contribution in [-0.4, -0.2) is 47.2 Å². The summed E-state index contributed by atoms with van der Waals surface area (Å²) in [5, 5.41) is 14.4. The molecule has 180 valence electrons. The normalized spacial score (nSPS) is 28.9. The second kappa shape index (κ2) is 7.11. The summed E-state index contributed by atoms with van der Waals surface area (Å²) in [4.78, 5) is 55.8. The first-order chi connectivity index (χ1) is 16.7. The van der Waals surface area contributed by atoms with Crippen LogP contribution in [0.25, 0.3) is 0 Å². The van der Waals surface area contributed by atoms with E-state index in [-0.39, 0.29) is 35.0 Å². The minimum atomic E-state index is -1.26. The zero-order chi connectivity index (χ0) is 24.8. The van der Waals surface area contributed by atoms with E-state index < -0.39 is 28.2 Å². The molecule has 10 heteroatoms. The molecule has 0 saturated carbocycles. The number of nitro benzene ring substituents is 1. The Hall–Kier alpha value is -3.79. The van der Waals surface area contributed by atoms with Crippen molar-refractivity contribution >= 4 is 34.8 Å². The van der Waals surface area contributed by atoms with Crippen molar-refractivity contribution in [3.63, 3.8) is 0 Å². The van der Waals surface area contributed by atoms with Crippen molar-refractivity contribution in [2.24, 2.45) is 11.8 Å². The lowest BCUT2D eigenvalue weighted by atomic mass is 9.75. The highest BCUT2D eigenvalue weighted by Crippen LogP contribution is 2.61. The molecular formula is C25H24N4O6. The Kier molecular flexibility index (Phi) is 4.41. The standard InChI is InChI=1S/C25H24N4O6/c1-12-6-7-15-14(9-12)25(24(32)26-15)21-20(16-5-4-8-27(16)25)22(30)28(23(21)31)17-11-19(35-3)18(29(33)34)10-13(17)2/h6-7,9-11,16,20-21H,4-5,8H2,1-3H3,(H,26,32)/t16-,20-,21+,25-/m1/s1. The molecule has 4 heterocycles. The number of fused-ring (bicyclic) bond motifs is 7.